The van der Waals surface area contributed by atoms with Crippen LogP contribution in [0.1, 0.15) is 19.3 Å². The van der Waals surface area contributed by atoms with Gasteiger partial charge in [0.05, 0.1) is 25.1 Å². The van der Waals surface area contributed by atoms with Crippen LogP contribution in [-0.2, 0) is 9.53 Å². The van der Waals surface area contributed by atoms with Gasteiger partial charge in [-0.05, 0) is 31.5 Å². The summed E-state index contributed by atoms with van der Waals surface area (Å²) in [5, 5.41) is 6.19. The molecule has 3 heterocycles. The van der Waals surface area contributed by atoms with Crippen molar-refractivity contribution in [1.29, 1.82) is 0 Å². The van der Waals surface area contributed by atoms with Crippen LogP contribution < -0.4 is 15.5 Å². The third-order valence-corrected chi connectivity index (χ3v) is 3.99. The Morgan fingerprint density at radius 3 is 2.74 bits per heavy atom. The largest absolute Gasteiger partial charge is 0.378 e. The minimum Gasteiger partial charge on any atom is -0.378 e. The van der Waals surface area contributed by atoms with Crippen molar-refractivity contribution in [1.82, 2.24) is 10.3 Å². The quantitative estimate of drug-likeness (QED) is 0.855. The molecule has 130 valence electrons. The zero-order chi connectivity index (χ0) is 14.5. The maximum absolute atomic E-state index is 11.9. The van der Waals surface area contributed by atoms with E-state index in [1.165, 1.54) is 0 Å². The topological polar surface area (TPSA) is 66.5 Å². The number of nitrogens with zero attached hydrogens (tertiary/aromatic N) is 2. The smallest absolute Gasteiger partial charge is 0.227 e. The van der Waals surface area contributed by atoms with Crippen LogP contribution in [0.15, 0.2) is 18.3 Å². The lowest BCUT2D eigenvalue weighted by Crippen LogP contribution is -2.36. The van der Waals surface area contributed by atoms with Crippen molar-refractivity contribution in [2.75, 3.05) is 43.1 Å². The number of carbonyl (C=O) groups is 1. The van der Waals surface area contributed by atoms with E-state index in [0.29, 0.717) is 18.3 Å². The summed E-state index contributed by atoms with van der Waals surface area (Å²) in [6.45, 7) is 4.31. The number of morpholine rings is 1. The number of aromatic nitrogens is 1. The third-order valence-electron chi connectivity index (χ3n) is 3.99. The van der Waals surface area contributed by atoms with Gasteiger partial charge >= 0.3 is 0 Å². The number of nitrogens with one attached hydrogen (secondary N) is 2. The van der Waals surface area contributed by atoms with E-state index in [2.05, 4.69) is 20.5 Å². The molecule has 1 aromatic rings. The van der Waals surface area contributed by atoms with Gasteiger partial charge in [0.1, 0.15) is 5.82 Å². The molecular weight excluding hydrogens is 339 g/mol. The fourth-order valence-corrected chi connectivity index (χ4v) is 2.82. The third kappa shape index (κ3) is 5.80. The monoisotopic (exact) mass is 362 g/mol. The average molecular weight is 363 g/mol. The van der Waals surface area contributed by atoms with Crippen molar-refractivity contribution < 1.29 is 9.53 Å². The zero-order valence-electron chi connectivity index (χ0n) is 13.0. The fourth-order valence-electron chi connectivity index (χ4n) is 2.82. The number of rotatable bonds is 4. The summed E-state index contributed by atoms with van der Waals surface area (Å²) in [5.74, 6) is 0.649. The van der Waals surface area contributed by atoms with Crippen molar-refractivity contribution in [2.24, 2.45) is 0 Å². The van der Waals surface area contributed by atoms with E-state index in [4.69, 9.17) is 4.74 Å². The number of anilines is 2. The second kappa shape index (κ2) is 9.93. The molecule has 1 atom stereocenters. The van der Waals surface area contributed by atoms with Gasteiger partial charge in [0.15, 0.2) is 0 Å². The van der Waals surface area contributed by atoms with E-state index in [0.717, 1.165) is 51.4 Å². The van der Waals surface area contributed by atoms with Gasteiger partial charge in [-0.25, -0.2) is 4.98 Å². The van der Waals surface area contributed by atoms with Gasteiger partial charge in [-0.15, -0.1) is 24.8 Å². The molecule has 0 bridgehead atoms. The summed E-state index contributed by atoms with van der Waals surface area (Å²) in [7, 11) is 0. The van der Waals surface area contributed by atoms with Crippen molar-refractivity contribution in [3.8, 4) is 0 Å². The molecule has 1 unspecified atom stereocenters. The van der Waals surface area contributed by atoms with Crippen LogP contribution in [0.4, 0.5) is 11.5 Å². The van der Waals surface area contributed by atoms with Gasteiger partial charge in [-0.3, -0.25) is 4.79 Å². The average Bonchev–Trinajstić information content (AvgIpc) is 3.02. The standard InChI is InChI=1S/C15H22N4O2.2ClH/c20-15(10-12-2-1-5-16-12)18-14-4-3-13(11-17-14)19-6-8-21-9-7-19;;/h3-4,11-12,16H,1-2,5-10H2,(H,17,18,20);2*1H. The van der Waals surface area contributed by atoms with Crippen LogP contribution in [0.2, 0.25) is 0 Å². The number of hydrogen-bond acceptors (Lipinski definition) is 5. The Kier molecular flexibility index (Phi) is 8.62. The molecule has 2 aliphatic rings. The van der Waals surface area contributed by atoms with E-state index >= 15 is 0 Å². The maximum Gasteiger partial charge on any atom is 0.227 e. The van der Waals surface area contributed by atoms with Crippen LogP contribution in [0, 0.1) is 0 Å². The number of pyridine rings is 1. The molecule has 23 heavy (non-hydrogen) atoms. The molecule has 0 spiro atoms. The van der Waals surface area contributed by atoms with E-state index in [-0.39, 0.29) is 30.7 Å². The number of ether oxygens (including phenoxy) is 1. The molecule has 2 fully saturated rings. The summed E-state index contributed by atoms with van der Waals surface area (Å²) in [5.41, 5.74) is 1.08. The Morgan fingerprint density at radius 1 is 1.35 bits per heavy atom. The highest BCUT2D eigenvalue weighted by Crippen LogP contribution is 2.17. The zero-order valence-corrected chi connectivity index (χ0v) is 14.6. The summed E-state index contributed by atoms with van der Waals surface area (Å²) in [6, 6.07) is 4.18. The predicted molar refractivity (Wildman–Crippen MR) is 96.0 cm³/mol. The lowest BCUT2D eigenvalue weighted by atomic mass is 10.1. The van der Waals surface area contributed by atoms with Crippen LogP contribution in [0.25, 0.3) is 0 Å². The summed E-state index contributed by atoms with van der Waals surface area (Å²) >= 11 is 0. The second-order valence-electron chi connectivity index (χ2n) is 5.55. The molecule has 0 radical (unpaired) electrons. The Balaban J connectivity index is 0.00000132. The lowest BCUT2D eigenvalue weighted by molar-refractivity contribution is -0.116. The van der Waals surface area contributed by atoms with Crippen LogP contribution in [0.3, 0.4) is 0 Å². The van der Waals surface area contributed by atoms with Crippen molar-refractivity contribution >= 4 is 42.2 Å². The molecule has 0 saturated carbocycles. The molecule has 2 saturated heterocycles. The van der Waals surface area contributed by atoms with E-state index in [9.17, 15) is 4.79 Å². The SMILES string of the molecule is Cl.Cl.O=C(CC1CCCN1)Nc1ccc(N2CCOCC2)cn1. The van der Waals surface area contributed by atoms with Gasteiger partial charge in [-0.2, -0.15) is 0 Å². The summed E-state index contributed by atoms with van der Waals surface area (Å²) in [6.07, 6.45) is 4.57. The first-order chi connectivity index (χ1) is 10.3. The van der Waals surface area contributed by atoms with E-state index < -0.39 is 0 Å². The van der Waals surface area contributed by atoms with Crippen LogP contribution in [-0.4, -0.2) is 49.8 Å². The molecule has 1 aromatic heterocycles. The van der Waals surface area contributed by atoms with Gasteiger partial charge in [0.2, 0.25) is 5.91 Å². The molecule has 0 aliphatic carbocycles. The lowest BCUT2D eigenvalue weighted by Gasteiger charge is -2.28. The number of amides is 1. The van der Waals surface area contributed by atoms with E-state index in [1.54, 1.807) is 0 Å². The normalized spacial score (nSPS) is 20.3. The number of carbonyl (C=O) groups excluding carboxylic acids is 1. The van der Waals surface area contributed by atoms with Crippen LogP contribution >= 0.6 is 24.8 Å². The predicted octanol–water partition coefficient (Wildman–Crippen LogP) is 1.84. The molecular formula is C15H24Cl2N4O2. The first-order valence-corrected chi connectivity index (χ1v) is 7.63. The minimum atomic E-state index is 0. The molecule has 6 nitrogen and oxygen atoms in total. The number of hydrogen-bond donors (Lipinski definition) is 2. The van der Waals surface area contributed by atoms with Crippen LogP contribution in [0.5, 0.6) is 0 Å². The van der Waals surface area contributed by atoms with Gasteiger partial charge in [0.25, 0.3) is 0 Å². The van der Waals surface area contributed by atoms with Crippen molar-refractivity contribution in [3.63, 3.8) is 0 Å². The molecule has 2 N–H and O–H groups in total. The van der Waals surface area contributed by atoms with Crippen molar-refractivity contribution in [2.45, 2.75) is 25.3 Å². The highest BCUT2D eigenvalue weighted by molar-refractivity contribution is 5.90. The van der Waals surface area contributed by atoms with Gasteiger partial charge < -0.3 is 20.3 Å². The molecule has 0 aromatic carbocycles. The van der Waals surface area contributed by atoms with Crippen molar-refractivity contribution in [3.05, 3.63) is 18.3 Å². The molecule has 2 aliphatic heterocycles. The molecule has 1 amide bonds. The Hall–Kier alpha value is -1.08. The molecule has 8 heteroatoms. The number of halogens is 2. The van der Waals surface area contributed by atoms with E-state index in [1.807, 2.05) is 18.3 Å². The second-order valence-corrected chi connectivity index (χ2v) is 5.55. The van der Waals surface area contributed by atoms with Gasteiger partial charge in [-0.1, -0.05) is 0 Å². The summed E-state index contributed by atoms with van der Waals surface area (Å²) in [4.78, 5) is 18.5. The Labute approximate surface area is 149 Å². The Morgan fingerprint density at radius 2 is 2.13 bits per heavy atom. The summed E-state index contributed by atoms with van der Waals surface area (Å²) < 4.78 is 5.34. The maximum atomic E-state index is 11.9. The first-order valence-electron chi connectivity index (χ1n) is 7.63. The molecule has 3 rings (SSSR count). The highest BCUT2D eigenvalue weighted by atomic mass is 35.5. The fraction of sp³-hybridized carbons (Fsp3) is 0.600. The minimum absolute atomic E-state index is 0. The highest BCUT2D eigenvalue weighted by Gasteiger charge is 2.18. The first kappa shape index (κ1) is 20.0. The van der Waals surface area contributed by atoms with Gasteiger partial charge in [0, 0.05) is 25.6 Å². The Bertz CT molecular complexity index is 475.